The van der Waals surface area contributed by atoms with Crippen LogP contribution in [0.5, 0.6) is 5.75 Å². The summed E-state index contributed by atoms with van der Waals surface area (Å²) in [5.41, 5.74) is 2.33. The average Bonchev–Trinajstić information content (AvgIpc) is 2.81. The molecule has 0 fully saturated rings. The Morgan fingerprint density at radius 1 is 0.697 bits per heavy atom. The summed E-state index contributed by atoms with van der Waals surface area (Å²) in [5.74, 6) is 3.13. The lowest BCUT2D eigenvalue weighted by atomic mass is 9.99. The quantitative estimate of drug-likeness (QED) is 0.213. The minimum Gasteiger partial charge on any atom is -0.507 e. The van der Waals surface area contributed by atoms with Crippen LogP contribution in [0.2, 0.25) is 0 Å². The van der Waals surface area contributed by atoms with E-state index in [2.05, 4.69) is 43.8 Å². The molecule has 0 bridgehead atoms. The molecule has 0 radical (unpaired) electrons. The Morgan fingerprint density at radius 3 is 1.88 bits per heavy atom. The molecule has 0 atom stereocenters. The van der Waals surface area contributed by atoms with Crippen molar-refractivity contribution in [2.45, 2.75) is 4.90 Å². The van der Waals surface area contributed by atoms with Crippen molar-refractivity contribution in [3.8, 4) is 28.8 Å². The van der Waals surface area contributed by atoms with Crippen LogP contribution in [-0.4, -0.2) is 13.5 Å². The van der Waals surface area contributed by atoms with Gasteiger partial charge in [0.15, 0.2) is 0 Å². The molecule has 0 amide bonds. The van der Waals surface area contributed by atoms with Gasteiger partial charge in [0.25, 0.3) is 10.0 Å². The van der Waals surface area contributed by atoms with Crippen LogP contribution < -0.4 is 4.31 Å². The van der Waals surface area contributed by atoms with Gasteiger partial charge in [-0.1, -0.05) is 68.3 Å². The summed E-state index contributed by atoms with van der Waals surface area (Å²) in [6.45, 7) is 0. The predicted molar refractivity (Wildman–Crippen MR) is 138 cm³/mol. The molecule has 0 aliphatic rings. The van der Waals surface area contributed by atoms with Crippen LogP contribution in [0.3, 0.4) is 0 Å². The number of para-hydroxylation sites is 1. The van der Waals surface area contributed by atoms with E-state index in [1.165, 1.54) is 12.1 Å². The van der Waals surface area contributed by atoms with Gasteiger partial charge in [-0.15, -0.1) is 0 Å². The van der Waals surface area contributed by atoms with Gasteiger partial charge in [0.05, 0.1) is 10.6 Å². The molecule has 0 aliphatic carbocycles. The third-order valence-electron chi connectivity index (χ3n) is 4.83. The molecule has 0 saturated heterocycles. The maximum atomic E-state index is 13.5. The minimum absolute atomic E-state index is 0.122. The van der Waals surface area contributed by atoms with Crippen LogP contribution in [-0.2, 0) is 10.0 Å². The van der Waals surface area contributed by atoms with Crippen LogP contribution in [0.4, 0.5) is 5.69 Å². The van der Waals surface area contributed by atoms with Gasteiger partial charge in [0, 0.05) is 31.7 Å². The third kappa shape index (κ3) is 5.14. The fourth-order valence-electron chi connectivity index (χ4n) is 3.19. The maximum absolute atomic E-state index is 13.5. The van der Waals surface area contributed by atoms with Crippen molar-refractivity contribution in [1.82, 2.24) is 0 Å². The Bertz CT molecular complexity index is 1460. The highest BCUT2D eigenvalue weighted by atomic mass is 79.9. The first-order valence-corrected chi connectivity index (χ1v) is 12.8. The van der Waals surface area contributed by atoms with Crippen LogP contribution in [0.25, 0.3) is 11.1 Å². The van der Waals surface area contributed by atoms with E-state index in [-0.39, 0.29) is 10.6 Å². The number of phenolic OH excluding ortho intramolecular Hbond substituents is 1. The normalized spacial score (nSPS) is 10.8. The lowest BCUT2D eigenvalue weighted by molar-refractivity contribution is 0.477. The minimum atomic E-state index is -3.97. The second-order valence-electron chi connectivity index (χ2n) is 7.00. The van der Waals surface area contributed by atoms with Crippen molar-refractivity contribution in [3.63, 3.8) is 0 Å². The molecule has 1 N–H and O–H groups in total. The summed E-state index contributed by atoms with van der Waals surface area (Å²) in [6.07, 6.45) is 0. The molecule has 4 nitrogen and oxygen atoms in total. The Morgan fingerprint density at radius 2 is 1.24 bits per heavy atom. The van der Waals surface area contributed by atoms with Crippen molar-refractivity contribution in [2.75, 3.05) is 4.31 Å². The fourth-order valence-corrected chi connectivity index (χ4v) is 4.98. The first-order chi connectivity index (χ1) is 15.9. The lowest BCUT2D eigenvalue weighted by Gasteiger charge is -2.18. The molecule has 0 aromatic heterocycles. The SMILES string of the molecule is O=S(=O)(c1ccc(Br)cc1)N(C#Cc1ccccc1-c1ccccc1O)c1ccc(Br)cc1. The van der Waals surface area contributed by atoms with Crippen molar-refractivity contribution in [1.29, 1.82) is 0 Å². The number of hydrogen-bond acceptors (Lipinski definition) is 3. The highest BCUT2D eigenvalue weighted by molar-refractivity contribution is 9.10. The second kappa shape index (κ2) is 9.84. The van der Waals surface area contributed by atoms with Gasteiger partial charge in [0.1, 0.15) is 5.75 Å². The Hall–Kier alpha value is -3.05. The summed E-state index contributed by atoms with van der Waals surface area (Å²) in [6, 6.07) is 30.4. The molecule has 4 aromatic carbocycles. The van der Waals surface area contributed by atoms with Gasteiger partial charge in [-0.2, -0.15) is 4.31 Å². The summed E-state index contributed by atoms with van der Waals surface area (Å²) >= 11 is 6.72. The van der Waals surface area contributed by atoms with Crippen LogP contribution >= 0.6 is 31.9 Å². The number of aromatic hydroxyl groups is 1. The molecule has 164 valence electrons. The van der Waals surface area contributed by atoms with E-state index in [4.69, 9.17) is 0 Å². The Balaban J connectivity index is 1.85. The highest BCUT2D eigenvalue weighted by Crippen LogP contribution is 2.31. The van der Waals surface area contributed by atoms with Crippen LogP contribution in [0.15, 0.2) is 111 Å². The molecule has 4 aromatic rings. The lowest BCUT2D eigenvalue weighted by Crippen LogP contribution is -2.26. The molecule has 0 unspecified atom stereocenters. The summed E-state index contributed by atoms with van der Waals surface area (Å²) in [4.78, 5) is 0.122. The highest BCUT2D eigenvalue weighted by Gasteiger charge is 2.24. The molecular weight excluding hydrogens is 566 g/mol. The summed E-state index contributed by atoms with van der Waals surface area (Å²) in [7, 11) is -3.97. The average molecular weight is 583 g/mol. The standard InChI is InChI=1S/C26H17Br2NO3S/c27-20-9-13-22(14-10-20)29(33(31,32)23-15-11-21(28)12-16-23)18-17-19-5-1-2-6-24(19)25-7-3-4-8-26(25)30/h1-16,30H. The van der Waals surface area contributed by atoms with Crippen molar-refractivity contribution >= 4 is 47.6 Å². The largest absolute Gasteiger partial charge is 0.507 e. The monoisotopic (exact) mass is 581 g/mol. The summed E-state index contributed by atoms with van der Waals surface area (Å²) in [5, 5.41) is 10.3. The van der Waals surface area contributed by atoms with E-state index >= 15 is 0 Å². The second-order valence-corrected chi connectivity index (χ2v) is 10.6. The number of benzene rings is 4. The van der Waals surface area contributed by atoms with E-state index in [0.29, 0.717) is 22.4 Å². The molecule has 0 spiro atoms. The number of anilines is 1. The number of rotatable bonds is 4. The van der Waals surface area contributed by atoms with Gasteiger partial charge >= 0.3 is 0 Å². The summed E-state index contributed by atoms with van der Waals surface area (Å²) < 4.78 is 29.7. The van der Waals surface area contributed by atoms with Crippen LogP contribution in [0, 0.1) is 12.0 Å². The number of sulfonamides is 1. The maximum Gasteiger partial charge on any atom is 0.275 e. The molecule has 0 heterocycles. The molecule has 0 aliphatic heterocycles. The van der Waals surface area contributed by atoms with Gasteiger partial charge in [-0.05, 0) is 66.6 Å². The van der Waals surface area contributed by atoms with Crippen molar-refractivity contribution in [3.05, 3.63) is 112 Å². The molecule has 33 heavy (non-hydrogen) atoms. The van der Waals surface area contributed by atoms with E-state index in [1.807, 2.05) is 24.3 Å². The number of phenols is 1. The molecule has 0 saturated carbocycles. The van der Waals surface area contributed by atoms with Gasteiger partial charge in [-0.3, -0.25) is 0 Å². The Labute approximate surface area is 209 Å². The van der Waals surface area contributed by atoms with E-state index < -0.39 is 10.0 Å². The third-order valence-corrected chi connectivity index (χ3v) is 7.53. The van der Waals surface area contributed by atoms with E-state index in [9.17, 15) is 13.5 Å². The molecular formula is C26H17Br2NO3S. The predicted octanol–water partition coefficient (Wildman–Crippen LogP) is 6.79. The van der Waals surface area contributed by atoms with Gasteiger partial charge in [0.2, 0.25) is 0 Å². The number of halogens is 2. The van der Waals surface area contributed by atoms with Gasteiger partial charge in [-0.25, -0.2) is 8.42 Å². The van der Waals surface area contributed by atoms with Gasteiger partial charge < -0.3 is 5.11 Å². The number of hydrogen-bond donors (Lipinski definition) is 1. The number of nitrogens with zero attached hydrogens (tertiary/aromatic N) is 1. The first kappa shape index (κ1) is 23.1. The zero-order valence-corrected chi connectivity index (χ0v) is 21.1. The zero-order chi connectivity index (χ0) is 23.4. The topological polar surface area (TPSA) is 57.6 Å². The molecule has 7 heteroatoms. The van der Waals surface area contributed by atoms with Crippen molar-refractivity contribution in [2.24, 2.45) is 0 Å². The first-order valence-electron chi connectivity index (χ1n) is 9.82. The smallest absolute Gasteiger partial charge is 0.275 e. The van der Waals surface area contributed by atoms with E-state index in [0.717, 1.165) is 13.3 Å². The fraction of sp³-hybridized carbons (Fsp3) is 0. The Kier molecular flexibility index (Phi) is 6.89. The van der Waals surface area contributed by atoms with Crippen LogP contribution in [0.1, 0.15) is 5.56 Å². The molecule has 4 rings (SSSR count). The van der Waals surface area contributed by atoms with Crippen molar-refractivity contribution < 1.29 is 13.5 Å². The van der Waals surface area contributed by atoms with E-state index in [1.54, 1.807) is 60.7 Å². The zero-order valence-electron chi connectivity index (χ0n) is 17.1.